The Kier molecular flexibility index (Phi) is 3.51. The van der Waals surface area contributed by atoms with E-state index in [1.165, 1.54) is 34.2 Å². The molecule has 4 nitrogen and oxygen atoms in total. The van der Waals surface area contributed by atoms with Crippen molar-refractivity contribution in [1.82, 2.24) is 10.2 Å². The molecule has 0 aliphatic heterocycles. The third kappa shape index (κ3) is 2.69. The zero-order chi connectivity index (χ0) is 14.7. The summed E-state index contributed by atoms with van der Waals surface area (Å²) in [4.78, 5) is 9.98. The van der Waals surface area contributed by atoms with Crippen molar-refractivity contribution in [2.24, 2.45) is 0 Å². The molecule has 0 radical (unpaired) electrons. The highest BCUT2D eigenvalue weighted by Gasteiger charge is 2.06. The fourth-order valence-corrected chi connectivity index (χ4v) is 2.45. The number of hydrogen-bond acceptors (Lipinski definition) is 2. The highest BCUT2D eigenvalue weighted by molar-refractivity contribution is 5.94. The summed E-state index contributed by atoms with van der Waals surface area (Å²) in [5.74, 6) is -1.01. The predicted molar refractivity (Wildman–Crippen MR) is 82.2 cm³/mol. The third-order valence-electron chi connectivity index (χ3n) is 3.38. The van der Waals surface area contributed by atoms with Gasteiger partial charge in [-0.25, -0.2) is 4.79 Å². The summed E-state index contributed by atoms with van der Waals surface area (Å²) in [6, 6.07) is 14.4. The number of aromatic nitrogens is 2. The van der Waals surface area contributed by atoms with Crippen molar-refractivity contribution in [1.29, 1.82) is 0 Å². The fraction of sp³-hybridized carbons (Fsp3) is 0.0588. The van der Waals surface area contributed by atoms with Crippen LogP contribution in [0.2, 0.25) is 0 Å². The van der Waals surface area contributed by atoms with Gasteiger partial charge in [-0.15, -0.1) is 0 Å². The standard InChI is InChI=1S/C13H10.C4H4N2O2/c1-4-10-6-2-8-12-9-3-7-11(5-1)13(10)12;7-4(8)3-1-2-5-6-3/h1-8H,9H2;1-2H,(H,5,6)(H,7,8). The molecule has 4 rings (SSSR count). The van der Waals surface area contributed by atoms with E-state index in [0.29, 0.717) is 0 Å². The average Bonchev–Trinajstić information content (AvgIpc) is 3.04. The van der Waals surface area contributed by atoms with E-state index in [1.54, 1.807) is 0 Å². The SMILES string of the molecule is C1=Cc2cccc3cccc(c23)C1.O=C(O)c1cc[nH]n1. The molecule has 1 aromatic heterocycles. The monoisotopic (exact) mass is 278 g/mol. The Bertz CT molecular complexity index is 800. The third-order valence-corrected chi connectivity index (χ3v) is 3.38. The van der Waals surface area contributed by atoms with Gasteiger partial charge in [0.25, 0.3) is 0 Å². The summed E-state index contributed by atoms with van der Waals surface area (Å²) in [5, 5.41) is 16.8. The lowest BCUT2D eigenvalue weighted by Gasteiger charge is -2.11. The first-order chi connectivity index (χ1) is 10.3. The second-order valence-electron chi connectivity index (χ2n) is 4.73. The summed E-state index contributed by atoms with van der Waals surface area (Å²) in [6.07, 6.45) is 6.99. The molecule has 3 aromatic rings. The average molecular weight is 278 g/mol. The largest absolute Gasteiger partial charge is 0.476 e. The molecule has 1 aliphatic carbocycles. The van der Waals surface area contributed by atoms with Crippen molar-refractivity contribution in [3.8, 4) is 0 Å². The Hall–Kier alpha value is -2.88. The summed E-state index contributed by atoms with van der Waals surface area (Å²) < 4.78 is 0. The van der Waals surface area contributed by atoms with E-state index in [9.17, 15) is 4.79 Å². The van der Waals surface area contributed by atoms with Gasteiger partial charge < -0.3 is 5.11 Å². The summed E-state index contributed by atoms with van der Waals surface area (Å²) in [6.45, 7) is 0. The van der Waals surface area contributed by atoms with E-state index in [0.717, 1.165) is 6.42 Å². The lowest BCUT2D eigenvalue weighted by Crippen LogP contribution is -1.95. The number of H-pyrrole nitrogens is 1. The number of nitrogens with zero attached hydrogens (tertiary/aromatic N) is 1. The number of hydrogen-bond donors (Lipinski definition) is 2. The maximum Gasteiger partial charge on any atom is 0.356 e. The molecule has 104 valence electrons. The van der Waals surface area contributed by atoms with E-state index in [4.69, 9.17) is 5.11 Å². The van der Waals surface area contributed by atoms with Gasteiger partial charge in [0.05, 0.1) is 0 Å². The molecule has 0 amide bonds. The number of benzene rings is 2. The van der Waals surface area contributed by atoms with Crippen LogP contribution in [0.3, 0.4) is 0 Å². The number of nitrogens with one attached hydrogen (secondary N) is 1. The first-order valence-electron chi connectivity index (χ1n) is 6.66. The lowest BCUT2D eigenvalue weighted by molar-refractivity contribution is 0.0690. The molecular weight excluding hydrogens is 264 g/mol. The molecule has 0 fully saturated rings. The van der Waals surface area contributed by atoms with Crippen LogP contribution >= 0.6 is 0 Å². The summed E-state index contributed by atoms with van der Waals surface area (Å²) >= 11 is 0. The molecule has 21 heavy (non-hydrogen) atoms. The van der Waals surface area contributed by atoms with Gasteiger partial charge in [-0.1, -0.05) is 48.6 Å². The first-order valence-corrected chi connectivity index (χ1v) is 6.66. The maximum atomic E-state index is 9.98. The van der Waals surface area contributed by atoms with Crippen molar-refractivity contribution in [3.63, 3.8) is 0 Å². The smallest absolute Gasteiger partial charge is 0.356 e. The molecule has 0 saturated heterocycles. The highest BCUT2D eigenvalue weighted by atomic mass is 16.4. The summed E-state index contributed by atoms with van der Waals surface area (Å²) in [5.41, 5.74) is 2.86. The van der Waals surface area contributed by atoms with Crippen molar-refractivity contribution in [2.75, 3.05) is 0 Å². The highest BCUT2D eigenvalue weighted by Crippen LogP contribution is 2.27. The first kappa shape index (κ1) is 13.1. The Morgan fingerprint density at radius 1 is 1.14 bits per heavy atom. The Balaban J connectivity index is 0.000000143. The molecular formula is C17H14N2O2. The van der Waals surface area contributed by atoms with Gasteiger partial charge in [-0.3, -0.25) is 5.10 Å². The number of carbonyl (C=O) groups is 1. The second-order valence-corrected chi connectivity index (χ2v) is 4.73. The number of carboxylic acids is 1. The summed E-state index contributed by atoms with van der Waals surface area (Å²) in [7, 11) is 0. The van der Waals surface area contributed by atoms with E-state index in [-0.39, 0.29) is 5.69 Å². The van der Waals surface area contributed by atoms with Crippen molar-refractivity contribution in [2.45, 2.75) is 6.42 Å². The van der Waals surface area contributed by atoms with E-state index in [2.05, 4.69) is 58.7 Å². The van der Waals surface area contributed by atoms with Gasteiger partial charge in [0.15, 0.2) is 5.69 Å². The molecule has 0 saturated carbocycles. The van der Waals surface area contributed by atoms with Crippen LogP contribution in [-0.2, 0) is 6.42 Å². The normalized spacial score (nSPS) is 11.8. The quantitative estimate of drug-likeness (QED) is 0.715. The number of aromatic amines is 1. The molecule has 0 bridgehead atoms. The topological polar surface area (TPSA) is 66.0 Å². The minimum Gasteiger partial charge on any atom is -0.476 e. The molecule has 0 unspecified atom stereocenters. The van der Waals surface area contributed by atoms with Crippen LogP contribution in [0.5, 0.6) is 0 Å². The van der Waals surface area contributed by atoms with Crippen LogP contribution in [0.4, 0.5) is 0 Å². The van der Waals surface area contributed by atoms with E-state index in [1.807, 2.05) is 0 Å². The predicted octanol–water partition coefficient (Wildman–Crippen LogP) is 3.52. The minimum atomic E-state index is -1.01. The zero-order valence-electron chi connectivity index (χ0n) is 11.3. The number of rotatable bonds is 1. The number of allylic oxidation sites excluding steroid dienone is 1. The molecule has 1 aliphatic rings. The van der Waals surface area contributed by atoms with Gasteiger partial charge >= 0.3 is 5.97 Å². The van der Waals surface area contributed by atoms with Crippen LogP contribution in [0, 0.1) is 0 Å². The van der Waals surface area contributed by atoms with Crippen LogP contribution in [0.15, 0.2) is 54.7 Å². The molecule has 0 atom stereocenters. The van der Waals surface area contributed by atoms with Crippen LogP contribution in [0.25, 0.3) is 16.8 Å². The van der Waals surface area contributed by atoms with Crippen LogP contribution in [-0.4, -0.2) is 21.3 Å². The second kappa shape index (κ2) is 5.63. The minimum absolute atomic E-state index is 0.0463. The van der Waals surface area contributed by atoms with Gasteiger partial charge in [0, 0.05) is 6.20 Å². The number of aromatic carboxylic acids is 1. The van der Waals surface area contributed by atoms with E-state index >= 15 is 0 Å². The molecule has 4 heteroatoms. The molecule has 0 spiro atoms. The van der Waals surface area contributed by atoms with Crippen LogP contribution in [0.1, 0.15) is 21.6 Å². The Labute approximate surface area is 121 Å². The van der Waals surface area contributed by atoms with Gasteiger partial charge in [-0.2, -0.15) is 5.10 Å². The zero-order valence-corrected chi connectivity index (χ0v) is 11.3. The van der Waals surface area contributed by atoms with Gasteiger partial charge in [-0.05, 0) is 34.4 Å². The molecule has 1 heterocycles. The van der Waals surface area contributed by atoms with Gasteiger partial charge in [0.1, 0.15) is 0 Å². The van der Waals surface area contributed by atoms with Crippen LogP contribution < -0.4 is 0 Å². The van der Waals surface area contributed by atoms with E-state index < -0.39 is 5.97 Å². The van der Waals surface area contributed by atoms with Crippen molar-refractivity contribution < 1.29 is 9.90 Å². The molecule has 2 aromatic carbocycles. The van der Waals surface area contributed by atoms with Crippen molar-refractivity contribution >= 4 is 22.8 Å². The molecule has 2 N–H and O–H groups in total. The Morgan fingerprint density at radius 2 is 1.95 bits per heavy atom. The number of carboxylic acid groups (broad SMARTS) is 1. The van der Waals surface area contributed by atoms with Gasteiger partial charge in [0.2, 0.25) is 0 Å². The Morgan fingerprint density at radius 3 is 2.62 bits per heavy atom. The maximum absolute atomic E-state index is 9.98. The van der Waals surface area contributed by atoms with Crippen molar-refractivity contribution in [3.05, 3.63) is 71.6 Å². The lowest BCUT2D eigenvalue weighted by atomic mass is 9.93. The fourth-order valence-electron chi connectivity index (χ4n) is 2.45.